The molecule has 0 atom stereocenters. The van der Waals surface area contributed by atoms with Crippen LogP contribution in [0.2, 0.25) is 0 Å². The maximum atomic E-state index is 12.7. The van der Waals surface area contributed by atoms with Crippen molar-refractivity contribution in [1.29, 1.82) is 0 Å². The summed E-state index contributed by atoms with van der Waals surface area (Å²) >= 11 is 0. The predicted molar refractivity (Wildman–Crippen MR) is 106 cm³/mol. The van der Waals surface area contributed by atoms with Gasteiger partial charge in [0.2, 0.25) is 0 Å². The molecule has 0 saturated carbocycles. The second-order valence-corrected chi connectivity index (χ2v) is 6.15. The van der Waals surface area contributed by atoms with Crippen LogP contribution < -0.4 is 15.5 Å². The number of rotatable bonds is 6. The predicted octanol–water partition coefficient (Wildman–Crippen LogP) is 2.69. The van der Waals surface area contributed by atoms with Crippen molar-refractivity contribution >= 4 is 23.2 Å². The molecule has 140 valence electrons. The molecule has 1 aliphatic heterocycles. The fourth-order valence-corrected chi connectivity index (χ4v) is 2.92. The van der Waals surface area contributed by atoms with Crippen LogP contribution in [0.4, 0.5) is 11.4 Å². The van der Waals surface area contributed by atoms with E-state index in [1.165, 1.54) is 0 Å². The Morgan fingerprint density at radius 2 is 1.74 bits per heavy atom. The van der Waals surface area contributed by atoms with Crippen molar-refractivity contribution in [2.45, 2.75) is 0 Å². The van der Waals surface area contributed by atoms with Crippen LogP contribution in [0.1, 0.15) is 20.7 Å². The number of ether oxygens (including phenoxy) is 1. The summed E-state index contributed by atoms with van der Waals surface area (Å²) in [4.78, 5) is 27.0. The van der Waals surface area contributed by atoms with Crippen molar-refractivity contribution in [2.24, 2.45) is 0 Å². The molecular weight excluding hydrogens is 342 g/mol. The highest BCUT2D eigenvalue weighted by atomic mass is 16.5. The van der Waals surface area contributed by atoms with Crippen molar-refractivity contribution < 1.29 is 14.3 Å². The molecule has 0 spiro atoms. The van der Waals surface area contributed by atoms with E-state index >= 15 is 0 Å². The second kappa shape index (κ2) is 9.00. The van der Waals surface area contributed by atoms with Gasteiger partial charge in [0, 0.05) is 30.8 Å². The minimum Gasteiger partial charge on any atom is -0.378 e. The molecule has 2 aromatic carbocycles. The molecule has 0 unspecified atom stereocenters. The van der Waals surface area contributed by atoms with E-state index in [1.54, 1.807) is 30.3 Å². The Kier molecular flexibility index (Phi) is 6.22. The Morgan fingerprint density at radius 1 is 1.04 bits per heavy atom. The quantitative estimate of drug-likeness (QED) is 0.772. The molecule has 0 bridgehead atoms. The molecular formula is C21H23N3O3. The van der Waals surface area contributed by atoms with Gasteiger partial charge >= 0.3 is 0 Å². The normalized spacial score (nSPS) is 13.7. The number of hydrogen-bond donors (Lipinski definition) is 2. The number of para-hydroxylation sites is 2. The van der Waals surface area contributed by atoms with E-state index in [0.717, 1.165) is 24.5 Å². The van der Waals surface area contributed by atoms with Gasteiger partial charge in [-0.1, -0.05) is 24.3 Å². The molecule has 1 fully saturated rings. The number of nitrogens with zero attached hydrogens (tertiary/aromatic N) is 1. The van der Waals surface area contributed by atoms with E-state index < -0.39 is 0 Å². The Bertz CT molecular complexity index is 829. The SMILES string of the molecule is C=CCNC(=O)c1cccc(C(=O)Nc2ccccc2N2CCOCC2)c1. The molecule has 0 radical (unpaired) electrons. The van der Waals surface area contributed by atoms with Crippen LogP contribution in [0, 0.1) is 0 Å². The zero-order valence-electron chi connectivity index (χ0n) is 15.1. The van der Waals surface area contributed by atoms with Crippen LogP contribution >= 0.6 is 0 Å². The van der Waals surface area contributed by atoms with Crippen molar-refractivity contribution in [3.05, 3.63) is 72.3 Å². The topological polar surface area (TPSA) is 70.7 Å². The third kappa shape index (κ3) is 4.74. The van der Waals surface area contributed by atoms with Gasteiger partial charge in [-0.3, -0.25) is 9.59 Å². The molecule has 3 rings (SSSR count). The highest BCUT2D eigenvalue weighted by molar-refractivity contribution is 6.07. The summed E-state index contributed by atoms with van der Waals surface area (Å²) in [5, 5.41) is 5.67. The number of benzene rings is 2. The van der Waals surface area contributed by atoms with Gasteiger partial charge in [-0.25, -0.2) is 0 Å². The van der Waals surface area contributed by atoms with Crippen LogP contribution in [0.5, 0.6) is 0 Å². The molecule has 0 aliphatic carbocycles. The van der Waals surface area contributed by atoms with Gasteiger partial charge in [0.15, 0.2) is 0 Å². The summed E-state index contributed by atoms with van der Waals surface area (Å²) in [5.74, 6) is -0.493. The van der Waals surface area contributed by atoms with Crippen molar-refractivity contribution in [2.75, 3.05) is 43.1 Å². The fourth-order valence-electron chi connectivity index (χ4n) is 2.92. The molecule has 6 heteroatoms. The Hall–Kier alpha value is -3.12. The maximum Gasteiger partial charge on any atom is 0.255 e. The average Bonchev–Trinajstić information content (AvgIpc) is 2.73. The van der Waals surface area contributed by atoms with Crippen LogP contribution in [0.3, 0.4) is 0 Å². The number of carbonyl (C=O) groups excluding carboxylic acids is 2. The first-order valence-corrected chi connectivity index (χ1v) is 8.91. The summed E-state index contributed by atoms with van der Waals surface area (Å²) in [5.41, 5.74) is 2.57. The van der Waals surface area contributed by atoms with Gasteiger partial charge in [0.05, 0.1) is 24.6 Å². The number of nitrogens with one attached hydrogen (secondary N) is 2. The Balaban J connectivity index is 1.76. The Morgan fingerprint density at radius 3 is 2.48 bits per heavy atom. The summed E-state index contributed by atoms with van der Waals surface area (Å²) in [6, 6.07) is 14.4. The third-order valence-corrected chi connectivity index (χ3v) is 4.30. The van der Waals surface area contributed by atoms with Gasteiger partial charge in [-0.15, -0.1) is 6.58 Å². The Labute approximate surface area is 158 Å². The number of amides is 2. The van der Waals surface area contributed by atoms with E-state index in [2.05, 4.69) is 22.1 Å². The number of morpholine rings is 1. The number of carbonyl (C=O) groups is 2. The standard InChI is InChI=1S/C21H23N3O3/c1-2-10-22-20(25)16-6-5-7-17(15-16)21(26)23-18-8-3-4-9-19(18)24-11-13-27-14-12-24/h2-9,15H,1,10-14H2,(H,22,25)(H,23,26). The lowest BCUT2D eigenvalue weighted by Gasteiger charge is -2.30. The molecule has 1 saturated heterocycles. The van der Waals surface area contributed by atoms with Crippen LogP contribution in [-0.2, 0) is 4.74 Å². The lowest BCUT2D eigenvalue weighted by molar-refractivity contribution is 0.0958. The smallest absolute Gasteiger partial charge is 0.255 e. The zero-order valence-corrected chi connectivity index (χ0v) is 15.1. The zero-order chi connectivity index (χ0) is 19.1. The molecule has 6 nitrogen and oxygen atoms in total. The second-order valence-electron chi connectivity index (χ2n) is 6.15. The summed E-state index contributed by atoms with van der Waals surface area (Å²) in [6.45, 7) is 6.86. The van der Waals surface area contributed by atoms with Gasteiger partial charge in [-0.05, 0) is 30.3 Å². The fraction of sp³-hybridized carbons (Fsp3) is 0.238. The van der Waals surface area contributed by atoms with Crippen molar-refractivity contribution in [1.82, 2.24) is 5.32 Å². The highest BCUT2D eigenvalue weighted by Gasteiger charge is 2.17. The third-order valence-electron chi connectivity index (χ3n) is 4.30. The first kappa shape index (κ1) is 18.7. The average molecular weight is 365 g/mol. The largest absolute Gasteiger partial charge is 0.378 e. The molecule has 1 heterocycles. The molecule has 0 aromatic heterocycles. The van der Waals surface area contributed by atoms with E-state index in [1.807, 2.05) is 24.3 Å². The van der Waals surface area contributed by atoms with Crippen molar-refractivity contribution in [3.63, 3.8) is 0 Å². The monoisotopic (exact) mass is 365 g/mol. The molecule has 2 amide bonds. The van der Waals surface area contributed by atoms with Gasteiger partial charge in [-0.2, -0.15) is 0 Å². The minimum absolute atomic E-state index is 0.238. The van der Waals surface area contributed by atoms with Gasteiger partial charge < -0.3 is 20.3 Å². The first-order valence-electron chi connectivity index (χ1n) is 8.91. The highest BCUT2D eigenvalue weighted by Crippen LogP contribution is 2.26. The number of hydrogen-bond acceptors (Lipinski definition) is 4. The van der Waals surface area contributed by atoms with Gasteiger partial charge in [0.1, 0.15) is 0 Å². The van der Waals surface area contributed by atoms with Crippen LogP contribution in [0.25, 0.3) is 0 Å². The van der Waals surface area contributed by atoms with Crippen molar-refractivity contribution in [3.8, 4) is 0 Å². The molecule has 2 aromatic rings. The maximum absolute atomic E-state index is 12.7. The van der Waals surface area contributed by atoms with E-state index in [4.69, 9.17) is 4.74 Å². The molecule has 2 N–H and O–H groups in total. The lowest BCUT2D eigenvalue weighted by atomic mass is 10.1. The summed E-state index contributed by atoms with van der Waals surface area (Å²) in [7, 11) is 0. The van der Waals surface area contributed by atoms with Crippen LogP contribution in [-0.4, -0.2) is 44.7 Å². The summed E-state index contributed by atoms with van der Waals surface area (Å²) < 4.78 is 5.40. The lowest BCUT2D eigenvalue weighted by Crippen LogP contribution is -2.36. The summed E-state index contributed by atoms with van der Waals surface area (Å²) in [6.07, 6.45) is 1.61. The first-order chi connectivity index (χ1) is 13.2. The minimum atomic E-state index is -0.255. The number of anilines is 2. The van der Waals surface area contributed by atoms with Crippen LogP contribution in [0.15, 0.2) is 61.2 Å². The molecule has 1 aliphatic rings. The van der Waals surface area contributed by atoms with E-state index in [-0.39, 0.29) is 11.8 Å². The van der Waals surface area contributed by atoms with Gasteiger partial charge in [0.25, 0.3) is 11.8 Å². The van der Waals surface area contributed by atoms with E-state index in [0.29, 0.717) is 30.9 Å². The molecule has 27 heavy (non-hydrogen) atoms. The van der Waals surface area contributed by atoms with E-state index in [9.17, 15) is 9.59 Å².